The molecule has 1 aromatic carbocycles. The summed E-state index contributed by atoms with van der Waals surface area (Å²) in [5, 5.41) is 0.520. The number of hydrogen-bond acceptors (Lipinski definition) is 3. The first-order chi connectivity index (χ1) is 10.7. The van der Waals surface area contributed by atoms with Gasteiger partial charge >= 0.3 is 6.03 Å². The van der Waals surface area contributed by atoms with Crippen LogP contribution in [0.1, 0.15) is 17.2 Å². The summed E-state index contributed by atoms with van der Waals surface area (Å²) in [5.74, 6) is 1.03. The number of hydrogen-bond donors (Lipinski definition) is 0. The highest BCUT2D eigenvalue weighted by atomic mass is 32.2. The van der Waals surface area contributed by atoms with Gasteiger partial charge in [0.05, 0.1) is 0 Å². The molecule has 4 nitrogen and oxygen atoms in total. The van der Waals surface area contributed by atoms with Gasteiger partial charge in [0, 0.05) is 50.3 Å². The summed E-state index contributed by atoms with van der Waals surface area (Å²) in [6.45, 7) is 5.45. The highest BCUT2D eigenvalue weighted by Gasteiger charge is 2.27. The predicted octanol–water partition coefficient (Wildman–Crippen LogP) is 2.53. The zero-order valence-corrected chi connectivity index (χ0v) is 14.1. The van der Waals surface area contributed by atoms with E-state index in [1.165, 1.54) is 5.56 Å². The topological polar surface area (TPSA) is 26.8 Å². The number of carbonyl (C=O) groups excluding carboxylic acids is 1. The fourth-order valence-electron chi connectivity index (χ4n) is 3.09. The number of thioether (sulfide) groups is 1. The van der Waals surface area contributed by atoms with Crippen molar-refractivity contribution in [3.05, 3.63) is 35.9 Å². The number of nitrogens with zero attached hydrogens (tertiary/aromatic N) is 3. The molecule has 120 valence electrons. The number of likely N-dealkylation sites (N-methyl/N-ethyl adjacent to an activating group) is 1. The number of urea groups is 1. The van der Waals surface area contributed by atoms with Gasteiger partial charge in [-0.3, -0.25) is 0 Å². The molecule has 2 heterocycles. The van der Waals surface area contributed by atoms with E-state index in [-0.39, 0.29) is 6.03 Å². The first kappa shape index (κ1) is 15.7. The van der Waals surface area contributed by atoms with Crippen LogP contribution < -0.4 is 0 Å². The molecule has 0 saturated carbocycles. The minimum Gasteiger partial charge on any atom is -0.324 e. The standard InChI is InChI=1S/C17H25N3OS/c1-18-9-11-20(12-10-18)17(21)19-8-7-16(22-14-13-19)15-5-3-2-4-6-15/h2-6,16H,7-14H2,1H3/t16-/m1/s1. The van der Waals surface area contributed by atoms with Crippen LogP contribution in [-0.4, -0.2) is 72.8 Å². The van der Waals surface area contributed by atoms with Crippen LogP contribution >= 0.6 is 11.8 Å². The Balaban J connectivity index is 1.57. The zero-order valence-electron chi connectivity index (χ0n) is 13.3. The van der Waals surface area contributed by atoms with Gasteiger partial charge in [0.15, 0.2) is 0 Å². The van der Waals surface area contributed by atoms with Gasteiger partial charge in [-0.1, -0.05) is 30.3 Å². The van der Waals surface area contributed by atoms with Crippen molar-refractivity contribution in [2.75, 3.05) is 52.1 Å². The number of benzene rings is 1. The number of rotatable bonds is 1. The van der Waals surface area contributed by atoms with E-state index in [0.29, 0.717) is 5.25 Å². The van der Waals surface area contributed by atoms with Crippen LogP contribution in [0.5, 0.6) is 0 Å². The highest BCUT2D eigenvalue weighted by molar-refractivity contribution is 7.99. The van der Waals surface area contributed by atoms with Gasteiger partial charge in [-0.25, -0.2) is 4.79 Å². The summed E-state index contributed by atoms with van der Waals surface area (Å²) >= 11 is 1.98. The minimum absolute atomic E-state index is 0.238. The third-order valence-electron chi connectivity index (χ3n) is 4.56. The quantitative estimate of drug-likeness (QED) is 0.796. The van der Waals surface area contributed by atoms with Gasteiger partial charge in [-0.15, -0.1) is 0 Å². The number of carbonyl (C=O) groups is 1. The second-order valence-electron chi connectivity index (χ2n) is 6.12. The smallest absolute Gasteiger partial charge is 0.320 e. The summed E-state index contributed by atoms with van der Waals surface area (Å²) in [4.78, 5) is 19.0. The predicted molar refractivity (Wildman–Crippen MR) is 92.3 cm³/mol. The Morgan fingerprint density at radius 2 is 1.68 bits per heavy atom. The summed E-state index contributed by atoms with van der Waals surface area (Å²) in [7, 11) is 2.12. The molecule has 1 aromatic rings. The first-order valence-electron chi connectivity index (χ1n) is 8.13. The van der Waals surface area contributed by atoms with Gasteiger partial charge < -0.3 is 14.7 Å². The molecule has 1 atom stereocenters. The Labute approximate surface area is 137 Å². The molecule has 0 aliphatic carbocycles. The van der Waals surface area contributed by atoms with Crippen molar-refractivity contribution in [1.82, 2.24) is 14.7 Å². The second kappa shape index (κ2) is 7.38. The van der Waals surface area contributed by atoms with E-state index in [1.54, 1.807) is 0 Å². The third kappa shape index (κ3) is 3.76. The van der Waals surface area contributed by atoms with Crippen molar-refractivity contribution >= 4 is 17.8 Å². The lowest BCUT2D eigenvalue weighted by atomic mass is 10.1. The molecule has 2 saturated heterocycles. The molecule has 2 amide bonds. The Kier molecular flexibility index (Phi) is 5.26. The lowest BCUT2D eigenvalue weighted by Gasteiger charge is -2.35. The molecule has 2 aliphatic heterocycles. The molecule has 0 radical (unpaired) electrons. The van der Waals surface area contributed by atoms with Gasteiger partial charge in [-0.05, 0) is 19.0 Å². The van der Waals surface area contributed by atoms with E-state index in [0.717, 1.165) is 51.4 Å². The number of piperazine rings is 1. The molecule has 0 unspecified atom stereocenters. The average Bonchev–Trinajstić information content (AvgIpc) is 2.82. The van der Waals surface area contributed by atoms with E-state index in [9.17, 15) is 4.79 Å². The van der Waals surface area contributed by atoms with Crippen molar-refractivity contribution in [1.29, 1.82) is 0 Å². The van der Waals surface area contributed by atoms with Crippen LogP contribution in [0.3, 0.4) is 0 Å². The molecule has 0 N–H and O–H groups in total. The van der Waals surface area contributed by atoms with Crippen LogP contribution in [0.4, 0.5) is 4.79 Å². The first-order valence-corrected chi connectivity index (χ1v) is 9.18. The lowest BCUT2D eigenvalue weighted by molar-refractivity contribution is 0.124. The molecule has 0 aromatic heterocycles. The molecular weight excluding hydrogens is 294 g/mol. The molecule has 2 fully saturated rings. The zero-order chi connectivity index (χ0) is 15.4. The highest BCUT2D eigenvalue weighted by Crippen LogP contribution is 2.34. The van der Waals surface area contributed by atoms with E-state index in [4.69, 9.17) is 0 Å². The van der Waals surface area contributed by atoms with E-state index in [2.05, 4.69) is 47.2 Å². The Hall–Kier alpha value is -1.20. The normalized spacial score (nSPS) is 24.1. The lowest BCUT2D eigenvalue weighted by Crippen LogP contribution is -2.52. The SMILES string of the molecule is CN1CCN(C(=O)N2CCS[C@@H](c3ccccc3)CC2)CC1. The minimum atomic E-state index is 0.238. The van der Waals surface area contributed by atoms with Crippen LogP contribution in [0, 0.1) is 0 Å². The van der Waals surface area contributed by atoms with Gasteiger partial charge in [-0.2, -0.15) is 11.8 Å². The fourth-order valence-corrected chi connectivity index (χ4v) is 4.32. The van der Waals surface area contributed by atoms with Crippen molar-refractivity contribution in [2.45, 2.75) is 11.7 Å². The molecule has 5 heteroatoms. The molecular formula is C17H25N3OS. The van der Waals surface area contributed by atoms with E-state index >= 15 is 0 Å². The van der Waals surface area contributed by atoms with Gasteiger partial charge in [0.1, 0.15) is 0 Å². The second-order valence-corrected chi connectivity index (χ2v) is 7.43. The Morgan fingerprint density at radius 1 is 1.00 bits per heavy atom. The summed E-state index contributed by atoms with van der Waals surface area (Å²) in [5.41, 5.74) is 1.39. The summed E-state index contributed by atoms with van der Waals surface area (Å²) in [6.07, 6.45) is 1.05. The van der Waals surface area contributed by atoms with Crippen LogP contribution in [0.2, 0.25) is 0 Å². The maximum Gasteiger partial charge on any atom is 0.320 e. The van der Waals surface area contributed by atoms with Crippen molar-refractivity contribution < 1.29 is 4.79 Å². The van der Waals surface area contributed by atoms with E-state index < -0.39 is 0 Å². The number of amides is 2. The monoisotopic (exact) mass is 319 g/mol. The van der Waals surface area contributed by atoms with Crippen molar-refractivity contribution in [3.63, 3.8) is 0 Å². The molecule has 2 aliphatic rings. The molecule has 22 heavy (non-hydrogen) atoms. The summed E-state index contributed by atoms with van der Waals surface area (Å²) < 4.78 is 0. The fraction of sp³-hybridized carbons (Fsp3) is 0.588. The largest absolute Gasteiger partial charge is 0.324 e. The van der Waals surface area contributed by atoms with Gasteiger partial charge in [0.2, 0.25) is 0 Å². The summed E-state index contributed by atoms with van der Waals surface area (Å²) in [6, 6.07) is 10.9. The molecule has 3 rings (SSSR count). The Bertz CT molecular complexity index is 488. The van der Waals surface area contributed by atoms with Crippen LogP contribution in [0.15, 0.2) is 30.3 Å². The maximum atomic E-state index is 12.7. The van der Waals surface area contributed by atoms with Crippen molar-refractivity contribution in [3.8, 4) is 0 Å². The van der Waals surface area contributed by atoms with Gasteiger partial charge in [0.25, 0.3) is 0 Å². The molecule has 0 spiro atoms. The van der Waals surface area contributed by atoms with E-state index in [1.807, 2.05) is 16.7 Å². The van der Waals surface area contributed by atoms with Crippen LogP contribution in [-0.2, 0) is 0 Å². The van der Waals surface area contributed by atoms with Crippen LogP contribution in [0.25, 0.3) is 0 Å². The Morgan fingerprint density at radius 3 is 2.41 bits per heavy atom. The average molecular weight is 319 g/mol. The maximum absolute atomic E-state index is 12.7. The third-order valence-corrected chi connectivity index (χ3v) is 5.89. The molecule has 0 bridgehead atoms. The van der Waals surface area contributed by atoms with Crippen molar-refractivity contribution in [2.24, 2.45) is 0 Å².